The van der Waals surface area contributed by atoms with E-state index in [-0.39, 0.29) is 43.3 Å². The lowest BCUT2D eigenvalue weighted by Gasteiger charge is -2.25. The number of aromatic nitrogens is 3. The van der Waals surface area contributed by atoms with Crippen molar-refractivity contribution < 1.29 is 33.1 Å². The standard InChI is InChI=1S/C34H43FN8O6/c1-20(2)16-26-33(47)38-21(3)31-40-30(23-10-7-6-8-11-23)41-43(31)19-28(44)36-14-9-15-42(18-29(45)37-22(4)32(46)39-26)34(48)24-12-13-27(49-5)25(35)17-24/h6-8,10-13,17,20-22,26H,9,14-16,18-19H2,1-5H3,(H,36,44)(H,37,45)(H,38,47)(H,39,46)/t21-,22+,26+/m0/s1. The van der Waals surface area contributed by atoms with Gasteiger partial charge in [-0.05, 0) is 50.8 Å². The molecule has 0 aliphatic carbocycles. The Morgan fingerprint density at radius 3 is 2.37 bits per heavy atom. The first kappa shape index (κ1) is 36.5. The fourth-order valence-corrected chi connectivity index (χ4v) is 5.33. The van der Waals surface area contributed by atoms with Crippen LogP contribution in [0.25, 0.3) is 11.4 Å². The Kier molecular flexibility index (Phi) is 12.4. The average Bonchev–Trinajstić information content (AvgIpc) is 3.48. The molecule has 14 nitrogen and oxygen atoms in total. The van der Waals surface area contributed by atoms with Crippen molar-refractivity contribution in [3.63, 3.8) is 0 Å². The van der Waals surface area contributed by atoms with E-state index in [1.165, 1.54) is 35.7 Å². The molecule has 2 heterocycles. The van der Waals surface area contributed by atoms with Gasteiger partial charge in [0.25, 0.3) is 5.91 Å². The van der Waals surface area contributed by atoms with E-state index in [9.17, 15) is 28.4 Å². The predicted octanol–water partition coefficient (Wildman–Crippen LogP) is 1.97. The van der Waals surface area contributed by atoms with Crippen molar-refractivity contribution in [2.24, 2.45) is 5.92 Å². The zero-order valence-electron chi connectivity index (χ0n) is 28.3. The molecule has 0 radical (unpaired) electrons. The van der Waals surface area contributed by atoms with Crippen LogP contribution in [0.1, 0.15) is 62.8 Å². The first-order valence-corrected chi connectivity index (χ1v) is 16.2. The van der Waals surface area contributed by atoms with Crippen LogP contribution in [0.2, 0.25) is 0 Å². The molecule has 5 amide bonds. The molecule has 1 aromatic heterocycles. The Morgan fingerprint density at radius 2 is 1.69 bits per heavy atom. The maximum absolute atomic E-state index is 14.5. The van der Waals surface area contributed by atoms with E-state index in [0.29, 0.717) is 18.1 Å². The first-order valence-electron chi connectivity index (χ1n) is 16.2. The number of carbonyl (C=O) groups excluding carboxylic acids is 5. The third-order valence-electron chi connectivity index (χ3n) is 7.83. The third kappa shape index (κ3) is 9.84. The van der Waals surface area contributed by atoms with E-state index in [4.69, 9.17) is 4.74 Å². The third-order valence-corrected chi connectivity index (χ3v) is 7.83. The molecule has 1 aliphatic rings. The van der Waals surface area contributed by atoms with Crippen LogP contribution in [0.15, 0.2) is 48.5 Å². The summed E-state index contributed by atoms with van der Waals surface area (Å²) >= 11 is 0. The van der Waals surface area contributed by atoms with Crippen LogP contribution < -0.4 is 26.0 Å². The van der Waals surface area contributed by atoms with Gasteiger partial charge in [0.05, 0.1) is 19.7 Å². The molecule has 4 N–H and O–H groups in total. The van der Waals surface area contributed by atoms with Crippen molar-refractivity contribution in [1.82, 2.24) is 40.9 Å². The molecule has 0 unspecified atom stereocenters. The maximum atomic E-state index is 14.5. The summed E-state index contributed by atoms with van der Waals surface area (Å²) in [6.45, 7) is 6.50. The number of nitrogens with one attached hydrogen (secondary N) is 4. The Hall–Kier alpha value is -5.34. The normalized spacial score (nSPS) is 20.1. The van der Waals surface area contributed by atoms with E-state index in [0.717, 1.165) is 11.6 Å². The molecular formula is C34H43FN8O6. The molecule has 0 saturated heterocycles. The Balaban J connectivity index is 1.64. The van der Waals surface area contributed by atoms with E-state index < -0.39 is 60.0 Å². The minimum Gasteiger partial charge on any atom is -0.494 e. The molecule has 3 aromatic rings. The van der Waals surface area contributed by atoms with Crippen LogP contribution in [0.5, 0.6) is 5.75 Å². The Labute approximate surface area is 284 Å². The molecule has 0 spiro atoms. The van der Waals surface area contributed by atoms with Gasteiger partial charge in [0.15, 0.2) is 17.4 Å². The van der Waals surface area contributed by atoms with Gasteiger partial charge in [-0.3, -0.25) is 24.0 Å². The quantitative estimate of drug-likeness (QED) is 0.317. The number of fused-ring (bicyclic) bond motifs is 1. The van der Waals surface area contributed by atoms with Gasteiger partial charge in [-0.25, -0.2) is 14.1 Å². The van der Waals surface area contributed by atoms with E-state index in [1.54, 1.807) is 6.92 Å². The summed E-state index contributed by atoms with van der Waals surface area (Å²) in [6.07, 6.45) is 0.554. The van der Waals surface area contributed by atoms with Gasteiger partial charge in [0.1, 0.15) is 24.5 Å². The van der Waals surface area contributed by atoms with Gasteiger partial charge in [-0.15, -0.1) is 0 Å². The van der Waals surface area contributed by atoms with Crippen molar-refractivity contribution in [1.29, 1.82) is 0 Å². The Bertz CT molecular complexity index is 1660. The number of hydrogen-bond donors (Lipinski definition) is 4. The number of ether oxygens (including phenoxy) is 1. The van der Waals surface area contributed by atoms with E-state index in [1.807, 2.05) is 44.2 Å². The minimum atomic E-state index is -1.05. The number of hydrogen-bond acceptors (Lipinski definition) is 8. The van der Waals surface area contributed by atoms with Gasteiger partial charge >= 0.3 is 0 Å². The fraction of sp³-hybridized carbons (Fsp3) is 0.441. The molecular weight excluding hydrogens is 635 g/mol. The number of benzene rings is 2. The SMILES string of the molecule is COc1ccc(C(=O)N2CCCNC(=O)Cn3nc(-c4ccccc4)nc3[C@H](C)NC(=O)[C@@H](CC(C)C)NC(=O)[C@@H](C)NC(=O)C2)cc1F. The number of halogens is 1. The number of amides is 5. The molecule has 2 aromatic carbocycles. The lowest BCUT2D eigenvalue weighted by Crippen LogP contribution is -2.54. The lowest BCUT2D eigenvalue weighted by molar-refractivity contribution is -0.132. The maximum Gasteiger partial charge on any atom is 0.254 e. The van der Waals surface area contributed by atoms with Crippen molar-refractivity contribution in [2.75, 3.05) is 26.7 Å². The van der Waals surface area contributed by atoms with Crippen LogP contribution in [0, 0.1) is 11.7 Å². The van der Waals surface area contributed by atoms with Crippen LogP contribution in [-0.4, -0.2) is 88.0 Å². The summed E-state index contributed by atoms with van der Waals surface area (Å²) in [7, 11) is 1.30. The average molecular weight is 679 g/mol. The largest absolute Gasteiger partial charge is 0.494 e. The highest BCUT2D eigenvalue weighted by Crippen LogP contribution is 2.21. The van der Waals surface area contributed by atoms with Gasteiger partial charge in [0.2, 0.25) is 23.6 Å². The highest BCUT2D eigenvalue weighted by molar-refractivity contribution is 5.97. The molecule has 49 heavy (non-hydrogen) atoms. The summed E-state index contributed by atoms with van der Waals surface area (Å²) in [5, 5.41) is 15.6. The summed E-state index contributed by atoms with van der Waals surface area (Å²) in [5.41, 5.74) is 0.710. The number of rotatable bonds is 5. The molecule has 0 saturated carbocycles. The topological polar surface area (TPSA) is 177 Å². The summed E-state index contributed by atoms with van der Waals surface area (Å²) in [6, 6.07) is 10.2. The van der Waals surface area contributed by atoms with Gasteiger partial charge in [-0.2, -0.15) is 5.10 Å². The van der Waals surface area contributed by atoms with Crippen LogP contribution in [-0.2, 0) is 25.7 Å². The van der Waals surface area contributed by atoms with E-state index >= 15 is 0 Å². The monoisotopic (exact) mass is 678 g/mol. The molecule has 3 atom stereocenters. The second-order valence-electron chi connectivity index (χ2n) is 12.3. The molecule has 262 valence electrons. The summed E-state index contributed by atoms with van der Waals surface area (Å²) < 4.78 is 20.8. The number of carbonyl (C=O) groups is 5. The summed E-state index contributed by atoms with van der Waals surface area (Å²) in [5.74, 6) is -2.81. The van der Waals surface area contributed by atoms with E-state index in [2.05, 4.69) is 31.3 Å². The number of nitrogens with zero attached hydrogens (tertiary/aromatic N) is 4. The number of methoxy groups -OCH3 is 1. The Morgan fingerprint density at radius 1 is 0.959 bits per heavy atom. The molecule has 15 heteroatoms. The summed E-state index contributed by atoms with van der Waals surface area (Å²) in [4.78, 5) is 72.3. The molecule has 0 bridgehead atoms. The van der Waals surface area contributed by atoms with Crippen LogP contribution in [0.4, 0.5) is 4.39 Å². The second-order valence-corrected chi connectivity index (χ2v) is 12.3. The van der Waals surface area contributed by atoms with Crippen LogP contribution >= 0.6 is 0 Å². The highest BCUT2D eigenvalue weighted by Gasteiger charge is 2.29. The molecule has 4 rings (SSSR count). The highest BCUT2D eigenvalue weighted by atomic mass is 19.1. The van der Waals surface area contributed by atoms with Gasteiger partial charge in [0, 0.05) is 24.2 Å². The minimum absolute atomic E-state index is 0.0103. The van der Waals surface area contributed by atoms with Crippen molar-refractivity contribution in [3.05, 3.63) is 65.7 Å². The van der Waals surface area contributed by atoms with Crippen molar-refractivity contribution >= 4 is 29.5 Å². The smallest absolute Gasteiger partial charge is 0.254 e. The first-order chi connectivity index (χ1) is 23.4. The van der Waals surface area contributed by atoms with Gasteiger partial charge in [-0.1, -0.05) is 44.2 Å². The predicted molar refractivity (Wildman–Crippen MR) is 177 cm³/mol. The molecule has 1 aliphatic heterocycles. The second kappa shape index (κ2) is 16.7. The van der Waals surface area contributed by atoms with Crippen LogP contribution in [0.3, 0.4) is 0 Å². The van der Waals surface area contributed by atoms with Crippen molar-refractivity contribution in [2.45, 2.75) is 65.2 Å². The fourth-order valence-electron chi connectivity index (χ4n) is 5.33. The van der Waals surface area contributed by atoms with Crippen molar-refractivity contribution in [3.8, 4) is 17.1 Å². The zero-order valence-corrected chi connectivity index (χ0v) is 28.3. The molecule has 0 fully saturated rings. The lowest BCUT2D eigenvalue weighted by atomic mass is 10.0. The zero-order chi connectivity index (χ0) is 35.7. The van der Waals surface area contributed by atoms with Gasteiger partial charge < -0.3 is 30.9 Å².